The molecule has 0 fully saturated rings. The number of methoxy groups -OCH3 is 1. The minimum atomic E-state index is -0.136. The molecule has 6 heteroatoms. The van der Waals surface area contributed by atoms with Crippen molar-refractivity contribution in [2.24, 2.45) is 0 Å². The number of hydrogen-bond acceptors (Lipinski definition) is 4. The maximum absolute atomic E-state index is 12.2. The monoisotopic (exact) mass is 337 g/mol. The quantitative estimate of drug-likeness (QED) is 0.668. The van der Waals surface area contributed by atoms with E-state index in [9.17, 15) is 9.59 Å². The number of benzene rings is 2. The van der Waals surface area contributed by atoms with E-state index in [0.717, 1.165) is 22.3 Å². The van der Waals surface area contributed by atoms with Gasteiger partial charge in [-0.1, -0.05) is 0 Å². The zero-order chi connectivity index (χ0) is 17.8. The minimum Gasteiger partial charge on any atom is -0.497 e. The van der Waals surface area contributed by atoms with E-state index in [1.807, 2.05) is 30.3 Å². The van der Waals surface area contributed by atoms with Crippen molar-refractivity contribution in [2.45, 2.75) is 13.5 Å². The minimum absolute atomic E-state index is 0.111. The van der Waals surface area contributed by atoms with Crippen LogP contribution in [-0.4, -0.2) is 18.0 Å². The largest absolute Gasteiger partial charge is 0.497 e. The number of nitrogens with one attached hydrogen (secondary N) is 3. The summed E-state index contributed by atoms with van der Waals surface area (Å²) < 4.78 is 5.17. The van der Waals surface area contributed by atoms with Crippen molar-refractivity contribution in [2.75, 3.05) is 17.7 Å². The smallest absolute Gasteiger partial charge is 0.253 e. The van der Waals surface area contributed by atoms with Crippen LogP contribution in [-0.2, 0) is 11.3 Å². The van der Waals surface area contributed by atoms with Crippen LogP contribution >= 0.6 is 0 Å². The van der Waals surface area contributed by atoms with Gasteiger partial charge in [0, 0.05) is 36.5 Å². The molecule has 0 radical (unpaired) electrons. The second kappa shape index (κ2) is 7.09. The molecule has 1 amide bonds. The topological polar surface area (TPSA) is 83.2 Å². The van der Waals surface area contributed by atoms with Gasteiger partial charge in [-0.05, 0) is 47.9 Å². The van der Waals surface area contributed by atoms with E-state index < -0.39 is 0 Å². The molecule has 0 aliphatic rings. The predicted octanol–water partition coefficient (Wildman–Crippen LogP) is 3.11. The van der Waals surface area contributed by atoms with Crippen molar-refractivity contribution >= 4 is 28.2 Å². The van der Waals surface area contributed by atoms with Crippen molar-refractivity contribution < 1.29 is 9.53 Å². The van der Waals surface area contributed by atoms with Gasteiger partial charge in [0.1, 0.15) is 5.75 Å². The van der Waals surface area contributed by atoms with Crippen molar-refractivity contribution in [3.8, 4) is 5.75 Å². The summed E-state index contributed by atoms with van der Waals surface area (Å²) in [6.45, 7) is 1.87. The lowest BCUT2D eigenvalue weighted by atomic mass is 10.1. The van der Waals surface area contributed by atoms with Crippen LogP contribution < -0.4 is 20.9 Å². The maximum atomic E-state index is 12.2. The van der Waals surface area contributed by atoms with Gasteiger partial charge in [-0.3, -0.25) is 9.59 Å². The number of carbonyl (C=O) groups is 1. The average molecular weight is 337 g/mol. The highest BCUT2D eigenvalue weighted by atomic mass is 16.5. The second-order valence-corrected chi connectivity index (χ2v) is 5.69. The molecule has 0 spiro atoms. The van der Waals surface area contributed by atoms with E-state index in [2.05, 4.69) is 15.6 Å². The third-order valence-corrected chi connectivity index (χ3v) is 3.82. The van der Waals surface area contributed by atoms with E-state index in [4.69, 9.17) is 4.74 Å². The summed E-state index contributed by atoms with van der Waals surface area (Å²) in [7, 11) is 1.59. The van der Waals surface area contributed by atoms with Crippen molar-refractivity contribution in [3.63, 3.8) is 0 Å². The van der Waals surface area contributed by atoms with Crippen LogP contribution in [0.4, 0.5) is 11.4 Å². The molecule has 0 atom stereocenters. The highest BCUT2D eigenvalue weighted by molar-refractivity contribution is 5.88. The Morgan fingerprint density at radius 2 is 1.80 bits per heavy atom. The fourth-order valence-electron chi connectivity index (χ4n) is 2.56. The van der Waals surface area contributed by atoms with Crippen LogP contribution in [0, 0.1) is 0 Å². The zero-order valence-electron chi connectivity index (χ0n) is 14.1. The standard InChI is InChI=1S/C19H19N3O3/c1-12(23)21-16-6-4-15(5-7-16)20-11-14-9-13-3-8-17(25-2)10-18(13)22-19(14)24/h3-10,20H,11H2,1-2H3,(H,21,23)(H,22,24). The number of ether oxygens (including phenoxy) is 1. The molecule has 1 aromatic heterocycles. The Kier molecular flexibility index (Phi) is 4.70. The van der Waals surface area contributed by atoms with Gasteiger partial charge in [-0.15, -0.1) is 0 Å². The van der Waals surface area contributed by atoms with E-state index in [-0.39, 0.29) is 11.5 Å². The van der Waals surface area contributed by atoms with Gasteiger partial charge in [-0.25, -0.2) is 0 Å². The number of amides is 1. The maximum Gasteiger partial charge on any atom is 0.253 e. The molecule has 2 aromatic carbocycles. The predicted molar refractivity (Wildman–Crippen MR) is 99.2 cm³/mol. The lowest BCUT2D eigenvalue weighted by molar-refractivity contribution is -0.114. The summed E-state index contributed by atoms with van der Waals surface area (Å²) in [5.41, 5.74) is 2.85. The molecule has 3 rings (SSSR count). The van der Waals surface area contributed by atoms with Crippen LogP contribution in [0.25, 0.3) is 10.9 Å². The van der Waals surface area contributed by atoms with Crippen LogP contribution in [0.15, 0.2) is 53.3 Å². The Labute approximate surface area is 144 Å². The normalized spacial score (nSPS) is 10.5. The van der Waals surface area contributed by atoms with Crippen molar-refractivity contribution in [1.82, 2.24) is 4.98 Å². The first-order valence-electron chi connectivity index (χ1n) is 7.86. The van der Waals surface area contributed by atoms with E-state index in [1.54, 1.807) is 25.3 Å². The number of fused-ring (bicyclic) bond motifs is 1. The molecule has 128 valence electrons. The van der Waals surface area contributed by atoms with Crippen LogP contribution in [0.5, 0.6) is 5.75 Å². The summed E-state index contributed by atoms with van der Waals surface area (Å²) in [4.78, 5) is 26.1. The SMILES string of the molecule is COc1ccc2cc(CNc3ccc(NC(C)=O)cc3)c(=O)[nH]c2c1. The molecule has 25 heavy (non-hydrogen) atoms. The molecule has 1 heterocycles. The number of aromatic amines is 1. The van der Waals surface area contributed by atoms with Gasteiger partial charge < -0.3 is 20.4 Å². The first-order valence-corrected chi connectivity index (χ1v) is 7.86. The molecule has 0 bridgehead atoms. The second-order valence-electron chi connectivity index (χ2n) is 5.69. The van der Waals surface area contributed by atoms with Crippen molar-refractivity contribution in [1.29, 1.82) is 0 Å². The molecular formula is C19H19N3O3. The third-order valence-electron chi connectivity index (χ3n) is 3.82. The lowest BCUT2D eigenvalue weighted by Crippen LogP contribution is -2.15. The summed E-state index contributed by atoms with van der Waals surface area (Å²) in [6, 6.07) is 14.8. The fraction of sp³-hybridized carbons (Fsp3) is 0.158. The van der Waals surface area contributed by atoms with Gasteiger partial charge in [0.25, 0.3) is 5.56 Å². The number of carbonyl (C=O) groups excluding carboxylic acids is 1. The number of anilines is 2. The highest BCUT2D eigenvalue weighted by Crippen LogP contribution is 2.19. The molecule has 3 aromatic rings. The fourth-order valence-corrected chi connectivity index (χ4v) is 2.56. The van der Waals surface area contributed by atoms with Gasteiger partial charge >= 0.3 is 0 Å². The third kappa shape index (κ3) is 3.98. The van der Waals surface area contributed by atoms with Gasteiger partial charge in [0.15, 0.2) is 0 Å². The lowest BCUT2D eigenvalue weighted by Gasteiger charge is -2.09. The molecule has 0 saturated heterocycles. The van der Waals surface area contributed by atoms with Gasteiger partial charge in [0.05, 0.1) is 12.6 Å². The molecule has 6 nitrogen and oxygen atoms in total. The van der Waals surface area contributed by atoms with Crippen LogP contribution in [0.1, 0.15) is 12.5 Å². The molecule has 0 unspecified atom stereocenters. The van der Waals surface area contributed by atoms with Crippen molar-refractivity contribution in [3.05, 3.63) is 64.4 Å². The Balaban J connectivity index is 1.75. The van der Waals surface area contributed by atoms with Crippen LogP contribution in [0.3, 0.4) is 0 Å². The number of aromatic nitrogens is 1. The average Bonchev–Trinajstić information content (AvgIpc) is 2.60. The van der Waals surface area contributed by atoms with E-state index in [1.165, 1.54) is 6.92 Å². The Morgan fingerprint density at radius 1 is 1.08 bits per heavy atom. The molecule has 0 aliphatic heterocycles. The summed E-state index contributed by atoms with van der Waals surface area (Å²) in [5, 5.41) is 6.87. The summed E-state index contributed by atoms with van der Waals surface area (Å²) >= 11 is 0. The molecule has 3 N–H and O–H groups in total. The first kappa shape index (κ1) is 16.6. The Morgan fingerprint density at radius 3 is 2.48 bits per heavy atom. The molecule has 0 aliphatic carbocycles. The zero-order valence-corrected chi connectivity index (χ0v) is 14.1. The van der Waals surface area contributed by atoms with E-state index in [0.29, 0.717) is 17.9 Å². The Bertz CT molecular complexity index is 962. The number of hydrogen-bond donors (Lipinski definition) is 3. The number of rotatable bonds is 5. The Hall–Kier alpha value is -3.28. The molecular weight excluding hydrogens is 318 g/mol. The van der Waals surface area contributed by atoms with Gasteiger partial charge in [-0.2, -0.15) is 0 Å². The number of H-pyrrole nitrogens is 1. The highest BCUT2D eigenvalue weighted by Gasteiger charge is 2.05. The molecule has 0 saturated carbocycles. The number of pyridine rings is 1. The first-order chi connectivity index (χ1) is 12.0. The summed E-state index contributed by atoms with van der Waals surface area (Å²) in [5.74, 6) is 0.591. The summed E-state index contributed by atoms with van der Waals surface area (Å²) in [6.07, 6.45) is 0. The van der Waals surface area contributed by atoms with Gasteiger partial charge in [0.2, 0.25) is 5.91 Å². The van der Waals surface area contributed by atoms with E-state index >= 15 is 0 Å². The van der Waals surface area contributed by atoms with Crippen LogP contribution in [0.2, 0.25) is 0 Å².